The maximum absolute atomic E-state index is 12.6. The third kappa shape index (κ3) is 4.95. The van der Waals surface area contributed by atoms with Crippen molar-refractivity contribution >= 4 is 27.3 Å². The molecule has 3 rings (SSSR count). The van der Waals surface area contributed by atoms with E-state index in [1.165, 1.54) is 15.6 Å². The van der Waals surface area contributed by atoms with Crippen LogP contribution in [0.3, 0.4) is 0 Å². The minimum Gasteiger partial charge on any atom is -0.379 e. The monoisotopic (exact) mass is 412 g/mol. The highest BCUT2D eigenvalue weighted by Gasteiger charge is 2.27. The summed E-state index contributed by atoms with van der Waals surface area (Å²) in [5.74, 6) is 0.187. The molecule has 0 saturated carbocycles. The van der Waals surface area contributed by atoms with Gasteiger partial charge in [-0.05, 0) is 30.5 Å². The van der Waals surface area contributed by atoms with E-state index in [0.717, 1.165) is 17.0 Å². The van der Waals surface area contributed by atoms with Gasteiger partial charge >= 0.3 is 0 Å². The van der Waals surface area contributed by atoms with Crippen LogP contribution in [0.25, 0.3) is 0 Å². The molecule has 1 aliphatic heterocycles. The molecule has 148 valence electrons. The Bertz CT molecular complexity index is 882. The number of carbonyl (C=O) groups is 1. The number of nitrogens with zero attached hydrogens (tertiary/aromatic N) is 2. The van der Waals surface area contributed by atoms with Gasteiger partial charge in [-0.25, -0.2) is 8.42 Å². The van der Waals surface area contributed by atoms with Gasteiger partial charge in [0, 0.05) is 23.7 Å². The molecule has 0 spiro atoms. The second-order valence-electron chi connectivity index (χ2n) is 6.80. The number of sulfonamides is 1. The maximum atomic E-state index is 12.6. The zero-order valence-corrected chi connectivity index (χ0v) is 17.0. The number of carbonyl (C=O) groups excluding carboxylic acids is 1. The normalized spacial score (nSPS) is 16.0. The lowest BCUT2D eigenvalue weighted by Gasteiger charge is -2.25. The SMILES string of the molecule is CC(C)Cc1cc(C(=O)NCc2ccc(S(=O)(=O)N3CCOCC3)s2)n[nH]1. The number of nitrogens with one attached hydrogen (secondary N) is 2. The molecule has 0 aromatic carbocycles. The lowest BCUT2D eigenvalue weighted by molar-refractivity contribution is 0.0731. The molecule has 1 fully saturated rings. The van der Waals surface area contributed by atoms with Gasteiger partial charge in [0.05, 0.1) is 19.8 Å². The third-order valence-corrected chi connectivity index (χ3v) is 7.57. The molecule has 2 aromatic rings. The molecular formula is C17H24N4O4S2. The zero-order chi connectivity index (χ0) is 19.4. The van der Waals surface area contributed by atoms with Crippen molar-refractivity contribution in [1.82, 2.24) is 19.8 Å². The average molecular weight is 413 g/mol. The summed E-state index contributed by atoms with van der Waals surface area (Å²) in [6.45, 7) is 6.01. The number of hydrogen-bond donors (Lipinski definition) is 2. The van der Waals surface area contributed by atoms with Crippen molar-refractivity contribution in [3.8, 4) is 0 Å². The van der Waals surface area contributed by atoms with Gasteiger partial charge in [-0.15, -0.1) is 11.3 Å². The molecular weight excluding hydrogens is 388 g/mol. The Morgan fingerprint density at radius 3 is 2.81 bits per heavy atom. The van der Waals surface area contributed by atoms with Gasteiger partial charge in [-0.1, -0.05) is 13.8 Å². The van der Waals surface area contributed by atoms with Crippen LogP contribution in [-0.2, 0) is 27.7 Å². The van der Waals surface area contributed by atoms with Gasteiger partial charge in [0.1, 0.15) is 9.90 Å². The van der Waals surface area contributed by atoms with Gasteiger partial charge in [-0.2, -0.15) is 9.40 Å². The molecule has 2 N–H and O–H groups in total. The van der Waals surface area contributed by atoms with Crippen molar-refractivity contribution in [2.75, 3.05) is 26.3 Å². The van der Waals surface area contributed by atoms with Gasteiger partial charge in [0.25, 0.3) is 15.9 Å². The Balaban J connectivity index is 1.59. The molecule has 0 bridgehead atoms. The molecule has 1 aliphatic rings. The summed E-state index contributed by atoms with van der Waals surface area (Å²) in [6.07, 6.45) is 0.827. The molecule has 27 heavy (non-hydrogen) atoms. The first-order valence-corrected chi connectivity index (χ1v) is 11.1. The number of rotatable bonds is 7. The predicted molar refractivity (Wildman–Crippen MR) is 102 cm³/mol. The van der Waals surface area contributed by atoms with E-state index >= 15 is 0 Å². The zero-order valence-electron chi connectivity index (χ0n) is 15.4. The maximum Gasteiger partial charge on any atom is 0.272 e. The van der Waals surface area contributed by atoms with E-state index in [-0.39, 0.29) is 16.7 Å². The Hall–Kier alpha value is -1.75. The van der Waals surface area contributed by atoms with E-state index in [1.54, 1.807) is 18.2 Å². The topological polar surface area (TPSA) is 104 Å². The number of aromatic amines is 1. The summed E-state index contributed by atoms with van der Waals surface area (Å²) >= 11 is 1.17. The Kier molecular flexibility index (Phi) is 6.30. The number of morpholine rings is 1. The minimum absolute atomic E-state index is 0.258. The quantitative estimate of drug-likeness (QED) is 0.719. The van der Waals surface area contributed by atoms with Crippen molar-refractivity contribution in [3.63, 3.8) is 0 Å². The summed E-state index contributed by atoms with van der Waals surface area (Å²) in [4.78, 5) is 13.0. The molecule has 0 radical (unpaired) electrons. The molecule has 0 aliphatic carbocycles. The van der Waals surface area contributed by atoms with E-state index < -0.39 is 10.0 Å². The molecule has 10 heteroatoms. The first-order valence-electron chi connectivity index (χ1n) is 8.85. The molecule has 2 aromatic heterocycles. The van der Waals surface area contributed by atoms with Crippen LogP contribution < -0.4 is 5.32 Å². The van der Waals surface area contributed by atoms with Crippen LogP contribution in [0.15, 0.2) is 22.4 Å². The number of aromatic nitrogens is 2. The number of thiophene rings is 1. The molecule has 1 amide bonds. The average Bonchev–Trinajstić information content (AvgIpc) is 3.30. The van der Waals surface area contributed by atoms with Crippen LogP contribution in [0.2, 0.25) is 0 Å². The Morgan fingerprint density at radius 2 is 2.11 bits per heavy atom. The van der Waals surface area contributed by atoms with E-state index in [4.69, 9.17) is 4.74 Å². The summed E-state index contributed by atoms with van der Waals surface area (Å²) in [5, 5.41) is 9.70. The summed E-state index contributed by atoms with van der Waals surface area (Å²) in [7, 11) is -3.50. The summed E-state index contributed by atoms with van der Waals surface area (Å²) in [5.41, 5.74) is 1.26. The van der Waals surface area contributed by atoms with Gasteiger partial charge < -0.3 is 10.1 Å². The Labute approximate surface area is 163 Å². The van der Waals surface area contributed by atoms with Gasteiger partial charge in [0.2, 0.25) is 0 Å². The van der Waals surface area contributed by atoms with Crippen molar-refractivity contribution in [2.45, 2.75) is 31.0 Å². The molecule has 3 heterocycles. The fraction of sp³-hybridized carbons (Fsp3) is 0.529. The highest BCUT2D eigenvalue weighted by molar-refractivity contribution is 7.91. The number of H-pyrrole nitrogens is 1. The van der Waals surface area contributed by atoms with Crippen LogP contribution >= 0.6 is 11.3 Å². The molecule has 1 saturated heterocycles. The number of ether oxygens (including phenoxy) is 1. The molecule has 0 atom stereocenters. The fourth-order valence-corrected chi connectivity index (χ4v) is 5.64. The van der Waals surface area contributed by atoms with Crippen LogP contribution in [0.5, 0.6) is 0 Å². The second kappa shape index (κ2) is 8.51. The highest BCUT2D eigenvalue weighted by Crippen LogP contribution is 2.25. The lowest BCUT2D eigenvalue weighted by Crippen LogP contribution is -2.40. The van der Waals surface area contributed by atoms with Crippen LogP contribution in [0.1, 0.15) is 34.9 Å². The first kappa shape index (κ1) is 20.0. The third-order valence-electron chi connectivity index (χ3n) is 4.12. The number of hydrogen-bond acceptors (Lipinski definition) is 6. The lowest BCUT2D eigenvalue weighted by atomic mass is 10.1. The van der Waals surface area contributed by atoms with Crippen molar-refractivity contribution in [1.29, 1.82) is 0 Å². The fourth-order valence-electron chi connectivity index (χ4n) is 2.79. The predicted octanol–water partition coefficient (Wildman–Crippen LogP) is 1.62. The Morgan fingerprint density at radius 1 is 1.37 bits per heavy atom. The van der Waals surface area contributed by atoms with Crippen molar-refractivity contribution in [3.05, 3.63) is 34.5 Å². The standard InChI is InChI=1S/C17H24N4O4S2/c1-12(2)9-13-10-15(20-19-13)17(22)18-11-14-3-4-16(26-14)27(23,24)21-5-7-25-8-6-21/h3-4,10,12H,5-9,11H2,1-2H3,(H,18,22)(H,19,20). The second-order valence-corrected chi connectivity index (χ2v) is 10.1. The van der Waals surface area contributed by atoms with E-state index in [9.17, 15) is 13.2 Å². The summed E-state index contributed by atoms with van der Waals surface area (Å²) in [6, 6.07) is 5.07. The van der Waals surface area contributed by atoms with Crippen molar-refractivity contribution in [2.24, 2.45) is 5.92 Å². The van der Waals surface area contributed by atoms with E-state index in [0.29, 0.717) is 37.9 Å². The van der Waals surface area contributed by atoms with Crippen LogP contribution in [0.4, 0.5) is 0 Å². The van der Waals surface area contributed by atoms with Gasteiger partial charge in [0.15, 0.2) is 0 Å². The van der Waals surface area contributed by atoms with E-state index in [2.05, 4.69) is 29.4 Å². The number of amides is 1. The molecule has 8 nitrogen and oxygen atoms in total. The van der Waals surface area contributed by atoms with Gasteiger partial charge in [-0.3, -0.25) is 9.89 Å². The van der Waals surface area contributed by atoms with Crippen LogP contribution in [0, 0.1) is 5.92 Å². The van der Waals surface area contributed by atoms with Crippen LogP contribution in [-0.4, -0.2) is 55.1 Å². The first-order chi connectivity index (χ1) is 12.9. The van der Waals surface area contributed by atoms with E-state index in [1.807, 2.05) is 0 Å². The summed E-state index contributed by atoms with van der Waals surface area (Å²) < 4.78 is 32.2. The minimum atomic E-state index is -3.50. The smallest absolute Gasteiger partial charge is 0.272 e. The highest BCUT2D eigenvalue weighted by atomic mass is 32.2. The largest absolute Gasteiger partial charge is 0.379 e. The molecule has 0 unspecified atom stereocenters. The van der Waals surface area contributed by atoms with Crippen molar-refractivity contribution < 1.29 is 17.9 Å².